The number of amides is 2. The minimum atomic E-state index is -0.338. The Bertz CT molecular complexity index is 785. The lowest BCUT2D eigenvalue weighted by Crippen LogP contribution is -2.25. The summed E-state index contributed by atoms with van der Waals surface area (Å²) in [6, 6.07) is 12.8. The van der Waals surface area contributed by atoms with Crippen molar-refractivity contribution in [2.24, 2.45) is 0 Å². The third-order valence-corrected chi connectivity index (χ3v) is 4.22. The lowest BCUT2D eigenvalue weighted by molar-refractivity contribution is -0.115. The number of hydrogen-bond donors (Lipinski definition) is 2. The van der Waals surface area contributed by atoms with Crippen LogP contribution >= 0.6 is 11.8 Å². The second-order valence-electron chi connectivity index (χ2n) is 5.03. The van der Waals surface area contributed by atoms with Gasteiger partial charge in [-0.15, -0.1) is 18.2 Å². The minimum Gasteiger partial charge on any atom is -0.341 e. The molecule has 0 unspecified atom stereocenters. The third kappa shape index (κ3) is 5.98. The molecule has 2 rings (SSSR count). The number of terminal acetylenes is 1. The molecule has 6 heteroatoms. The van der Waals surface area contributed by atoms with Crippen LogP contribution in [0, 0.1) is 18.2 Å². The van der Waals surface area contributed by atoms with Crippen molar-refractivity contribution in [3.05, 3.63) is 59.9 Å². The highest BCUT2D eigenvalue weighted by atomic mass is 32.2. The van der Waals surface area contributed by atoms with E-state index in [1.54, 1.807) is 36.4 Å². The zero-order valence-corrected chi connectivity index (χ0v) is 14.2. The summed E-state index contributed by atoms with van der Waals surface area (Å²) >= 11 is 1.46. The molecule has 25 heavy (non-hydrogen) atoms. The van der Waals surface area contributed by atoms with E-state index >= 15 is 0 Å². The third-order valence-electron chi connectivity index (χ3n) is 3.21. The molecule has 0 spiro atoms. The van der Waals surface area contributed by atoms with Crippen molar-refractivity contribution in [3.8, 4) is 12.3 Å². The van der Waals surface area contributed by atoms with Gasteiger partial charge in [0, 0.05) is 17.1 Å². The number of para-hydroxylation sites is 1. The maximum Gasteiger partial charge on any atom is 0.254 e. The van der Waals surface area contributed by atoms with Crippen LogP contribution in [0.1, 0.15) is 16.8 Å². The van der Waals surface area contributed by atoms with Gasteiger partial charge in [-0.3, -0.25) is 9.59 Å². The summed E-state index contributed by atoms with van der Waals surface area (Å²) in [6.07, 6.45) is 5.39. The van der Waals surface area contributed by atoms with E-state index in [9.17, 15) is 14.0 Å². The van der Waals surface area contributed by atoms with Gasteiger partial charge in [0.25, 0.3) is 5.91 Å². The number of thioether (sulfide) groups is 1. The first-order chi connectivity index (χ1) is 12.1. The number of nitrogens with one attached hydrogen (secondary N) is 2. The van der Waals surface area contributed by atoms with E-state index in [1.807, 2.05) is 0 Å². The maximum absolute atomic E-state index is 12.8. The van der Waals surface area contributed by atoms with Crippen LogP contribution in [0.4, 0.5) is 10.1 Å². The number of halogens is 1. The highest BCUT2D eigenvalue weighted by Crippen LogP contribution is 2.20. The van der Waals surface area contributed by atoms with Crippen LogP contribution in [0.15, 0.2) is 53.4 Å². The Hall–Kier alpha value is -2.78. The van der Waals surface area contributed by atoms with E-state index in [-0.39, 0.29) is 30.6 Å². The van der Waals surface area contributed by atoms with Gasteiger partial charge in [-0.05, 0) is 36.4 Å². The Morgan fingerprint density at radius 2 is 1.84 bits per heavy atom. The van der Waals surface area contributed by atoms with E-state index in [0.717, 1.165) is 4.90 Å². The smallest absolute Gasteiger partial charge is 0.254 e. The second-order valence-corrected chi connectivity index (χ2v) is 6.20. The summed E-state index contributed by atoms with van der Waals surface area (Å²) in [5, 5.41) is 5.31. The van der Waals surface area contributed by atoms with E-state index in [2.05, 4.69) is 16.6 Å². The highest BCUT2D eigenvalue weighted by molar-refractivity contribution is 7.99. The van der Waals surface area contributed by atoms with Crippen LogP contribution in [0.2, 0.25) is 0 Å². The molecular weight excluding hydrogens is 339 g/mol. The average Bonchev–Trinajstić information content (AvgIpc) is 2.62. The first kappa shape index (κ1) is 18.6. The maximum atomic E-state index is 12.8. The molecule has 0 saturated heterocycles. The van der Waals surface area contributed by atoms with Crippen molar-refractivity contribution in [1.82, 2.24) is 5.32 Å². The first-order valence-corrected chi connectivity index (χ1v) is 8.57. The largest absolute Gasteiger partial charge is 0.341 e. The molecule has 0 fully saturated rings. The summed E-state index contributed by atoms with van der Waals surface area (Å²) in [4.78, 5) is 25.0. The Balaban J connectivity index is 1.89. The molecule has 128 valence electrons. The quantitative estimate of drug-likeness (QED) is 0.591. The molecule has 4 nitrogen and oxygen atoms in total. The first-order valence-electron chi connectivity index (χ1n) is 7.59. The molecule has 2 aromatic rings. The number of carbonyl (C=O) groups is 2. The molecule has 0 radical (unpaired) electrons. The van der Waals surface area contributed by atoms with E-state index < -0.39 is 0 Å². The summed E-state index contributed by atoms with van der Waals surface area (Å²) in [6.45, 7) is 0.120. The number of rotatable bonds is 7. The van der Waals surface area contributed by atoms with Crippen LogP contribution in [0.25, 0.3) is 0 Å². The molecule has 0 aromatic heterocycles. The lowest BCUT2D eigenvalue weighted by atomic mass is 10.1. The fourth-order valence-electron chi connectivity index (χ4n) is 2.02. The van der Waals surface area contributed by atoms with Crippen molar-refractivity contribution < 1.29 is 14.0 Å². The number of hydrogen-bond acceptors (Lipinski definition) is 3. The van der Waals surface area contributed by atoms with E-state index in [0.29, 0.717) is 17.0 Å². The van der Waals surface area contributed by atoms with Crippen LogP contribution < -0.4 is 10.6 Å². The van der Waals surface area contributed by atoms with Gasteiger partial charge in [-0.1, -0.05) is 18.1 Å². The molecule has 2 amide bonds. The number of benzene rings is 2. The summed E-state index contributed by atoms with van der Waals surface area (Å²) in [5.41, 5.74) is 0.797. The van der Waals surface area contributed by atoms with Crippen molar-refractivity contribution in [3.63, 3.8) is 0 Å². The average molecular weight is 356 g/mol. The van der Waals surface area contributed by atoms with Crippen LogP contribution in [-0.2, 0) is 4.79 Å². The Morgan fingerprint density at radius 1 is 1.12 bits per heavy atom. The van der Waals surface area contributed by atoms with Crippen molar-refractivity contribution in [1.29, 1.82) is 0 Å². The van der Waals surface area contributed by atoms with Gasteiger partial charge in [-0.2, -0.15) is 0 Å². The molecular formula is C19H17FN2O2S. The number of carbonyl (C=O) groups excluding carboxylic acids is 2. The number of anilines is 1. The molecule has 0 aliphatic rings. The topological polar surface area (TPSA) is 58.2 Å². The van der Waals surface area contributed by atoms with E-state index in [4.69, 9.17) is 6.42 Å². The van der Waals surface area contributed by atoms with Crippen LogP contribution in [0.3, 0.4) is 0 Å². The molecule has 0 aliphatic heterocycles. The molecule has 0 saturated carbocycles. The fraction of sp³-hybridized carbons (Fsp3) is 0.158. The molecule has 0 aliphatic carbocycles. The predicted octanol–water partition coefficient (Wildman–Crippen LogP) is 3.31. The predicted molar refractivity (Wildman–Crippen MR) is 98.0 cm³/mol. The molecule has 0 heterocycles. The van der Waals surface area contributed by atoms with Crippen LogP contribution in [0.5, 0.6) is 0 Å². The van der Waals surface area contributed by atoms with Crippen LogP contribution in [-0.4, -0.2) is 24.1 Å². The Morgan fingerprint density at radius 3 is 2.56 bits per heavy atom. The van der Waals surface area contributed by atoms with Gasteiger partial charge in [-0.25, -0.2) is 4.39 Å². The van der Waals surface area contributed by atoms with Gasteiger partial charge in [0.05, 0.1) is 17.8 Å². The van der Waals surface area contributed by atoms with Gasteiger partial charge in [0.1, 0.15) is 5.82 Å². The Labute approximate surface area is 150 Å². The minimum absolute atomic E-state index is 0.120. The zero-order chi connectivity index (χ0) is 18.1. The normalized spacial score (nSPS) is 9.92. The summed E-state index contributed by atoms with van der Waals surface area (Å²) in [5.74, 6) is 2.04. The van der Waals surface area contributed by atoms with Crippen molar-refractivity contribution >= 4 is 29.3 Å². The van der Waals surface area contributed by atoms with E-state index in [1.165, 1.54) is 23.9 Å². The highest BCUT2D eigenvalue weighted by Gasteiger charge is 2.12. The second kappa shape index (κ2) is 9.50. The van der Waals surface area contributed by atoms with Crippen molar-refractivity contribution in [2.45, 2.75) is 11.3 Å². The fourth-order valence-corrected chi connectivity index (χ4v) is 2.87. The van der Waals surface area contributed by atoms with Gasteiger partial charge >= 0.3 is 0 Å². The summed E-state index contributed by atoms with van der Waals surface area (Å²) < 4.78 is 12.8. The van der Waals surface area contributed by atoms with Gasteiger partial charge < -0.3 is 10.6 Å². The van der Waals surface area contributed by atoms with Gasteiger partial charge in [0.2, 0.25) is 5.91 Å². The molecule has 2 aromatic carbocycles. The Kier molecular flexibility index (Phi) is 7.05. The zero-order valence-electron chi connectivity index (χ0n) is 13.4. The molecule has 0 atom stereocenters. The monoisotopic (exact) mass is 356 g/mol. The molecule has 0 bridgehead atoms. The lowest BCUT2D eigenvalue weighted by Gasteiger charge is -2.10. The van der Waals surface area contributed by atoms with Gasteiger partial charge in [0.15, 0.2) is 0 Å². The molecule has 2 N–H and O–H groups in total. The SMILES string of the molecule is C#CCNC(=O)c1ccccc1NC(=O)CCSc1ccc(F)cc1. The summed E-state index contributed by atoms with van der Waals surface area (Å²) in [7, 11) is 0. The standard InChI is InChI=1S/C19H17FN2O2S/c1-2-12-21-19(24)16-5-3-4-6-17(16)22-18(23)11-13-25-15-9-7-14(20)8-10-15/h1,3-10H,11-13H2,(H,21,24)(H,22,23). The van der Waals surface area contributed by atoms with Crippen molar-refractivity contribution in [2.75, 3.05) is 17.6 Å².